The van der Waals surface area contributed by atoms with Crippen LogP contribution in [-0.2, 0) is 18.9 Å². The zero-order chi connectivity index (χ0) is 29.9. The molecule has 1 heterocycles. The van der Waals surface area contributed by atoms with E-state index in [9.17, 15) is 9.59 Å². The second-order valence-electron chi connectivity index (χ2n) is 13.5. The van der Waals surface area contributed by atoms with Gasteiger partial charge in [-0.3, -0.25) is 15.0 Å². The van der Waals surface area contributed by atoms with Crippen LogP contribution >= 0.6 is 0 Å². The maximum atomic E-state index is 13.8. The van der Waals surface area contributed by atoms with E-state index >= 15 is 0 Å². The van der Waals surface area contributed by atoms with Crippen LogP contribution in [0.5, 0.6) is 0 Å². The molecule has 10 heteroatoms. The average molecular weight is 568 g/mol. The van der Waals surface area contributed by atoms with Gasteiger partial charge >= 0.3 is 7.12 Å². The number of carbonyl (C=O) groups is 2. The second-order valence-corrected chi connectivity index (χ2v) is 13.5. The van der Waals surface area contributed by atoms with E-state index in [-0.39, 0.29) is 40.8 Å². The van der Waals surface area contributed by atoms with Crippen molar-refractivity contribution in [3.8, 4) is 0 Å². The average Bonchev–Trinajstić information content (AvgIpc) is 3.30. The first kappa shape index (κ1) is 31.4. The maximum absolute atomic E-state index is 13.8. The van der Waals surface area contributed by atoms with E-state index in [1.54, 1.807) is 7.05 Å². The van der Waals surface area contributed by atoms with Gasteiger partial charge in [0.1, 0.15) is 6.04 Å². The molecule has 4 aliphatic rings. The molecule has 0 radical (unpaired) electrons. The van der Waals surface area contributed by atoms with Crippen molar-refractivity contribution in [2.45, 2.75) is 103 Å². The molecule has 9 nitrogen and oxygen atoms in total. The van der Waals surface area contributed by atoms with Crippen molar-refractivity contribution in [1.82, 2.24) is 21.3 Å². The predicted octanol–water partition coefficient (Wildman–Crippen LogP) is 3.60. The minimum absolute atomic E-state index is 0.0339. The lowest BCUT2D eigenvalue weighted by Gasteiger charge is -2.64. The number of rotatable bonds is 12. The van der Waals surface area contributed by atoms with E-state index in [1.807, 2.05) is 37.3 Å². The lowest BCUT2D eigenvalue weighted by atomic mass is 9.43. The Kier molecular flexibility index (Phi) is 9.74. The molecule has 226 valence electrons. The number of nitrogens with one attached hydrogen (secondary N) is 5. The summed E-state index contributed by atoms with van der Waals surface area (Å²) in [5.74, 6) is 0.475. The molecule has 7 atom stereocenters. The van der Waals surface area contributed by atoms with E-state index in [2.05, 4.69) is 55.9 Å². The molecular formula is C31H50BN5O4. The van der Waals surface area contributed by atoms with Crippen LogP contribution in [0.2, 0.25) is 0 Å². The monoisotopic (exact) mass is 567 g/mol. The molecule has 1 aliphatic heterocycles. The molecule has 1 aromatic carbocycles. The zero-order valence-corrected chi connectivity index (χ0v) is 25.9. The third-order valence-electron chi connectivity index (χ3n) is 9.90. The lowest BCUT2D eigenvalue weighted by molar-refractivity contribution is -0.199. The second kappa shape index (κ2) is 12.7. The minimum Gasteiger partial charge on any atom is -0.404 e. The molecule has 1 aromatic rings. The molecule has 0 aromatic heterocycles. The van der Waals surface area contributed by atoms with Crippen molar-refractivity contribution in [2.75, 3.05) is 13.6 Å². The Hall–Kier alpha value is -2.59. The Bertz CT molecular complexity index is 1090. The molecule has 2 amide bonds. The van der Waals surface area contributed by atoms with Gasteiger partial charge in [-0.05, 0) is 74.7 Å². The van der Waals surface area contributed by atoms with Crippen molar-refractivity contribution >= 4 is 24.9 Å². The summed E-state index contributed by atoms with van der Waals surface area (Å²) in [6.07, 6.45) is 3.94. The fourth-order valence-corrected chi connectivity index (χ4v) is 7.17. The van der Waals surface area contributed by atoms with E-state index in [4.69, 9.17) is 14.7 Å². The lowest BCUT2D eigenvalue weighted by Crippen LogP contribution is -2.65. The first-order valence-corrected chi connectivity index (χ1v) is 15.4. The van der Waals surface area contributed by atoms with Crippen molar-refractivity contribution in [2.24, 2.45) is 23.2 Å². The molecule has 0 unspecified atom stereocenters. The highest BCUT2D eigenvalue weighted by Crippen LogP contribution is 2.65. The number of hydrogen-bond donors (Lipinski definition) is 5. The molecule has 5 rings (SSSR count). The molecular weight excluding hydrogens is 517 g/mol. The summed E-state index contributed by atoms with van der Waals surface area (Å²) in [5.41, 5.74) is 0.782. The summed E-state index contributed by atoms with van der Waals surface area (Å²) < 4.78 is 13.3. The number of carbonyl (C=O) groups excluding carboxylic acids is 2. The van der Waals surface area contributed by atoms with Crippen LogP contribution in [0.1, 0.15) is 85.1 Å². The fraction of sp³-hybridized carbons (Fsp3) is 0.710. The van der Waals surface area contributed by atoms with Crippen LogP contribution in [0, 0.1) is 28.6 Å². The first-order valence-electron chi connectivity index (χ1n) is 15.4. The van der Waals surface area contributed by atoms with Gasteiger partial charge in [-0.2, -0.15) is 0 Å². The van der Waals surface area contributed by atoms with Crippen LogP contribution < -0.4 is 21.3 Å². The van der Waals surface area contributed by atoms with E-state index in [0.29, 0.717) is 43.6 Å². The van der Waals surface area contributed by atoms with Crippen LogP contribution in [0.25, 0.3) is 0 Å². The maximum Gasteiger partial charge on any atom is 0.481 e. The fourth-order valence-electron chi connectivity index (χ4n) is 7.17. The molecule has 41 heavy (non-hydrogen) atoms. The topological polar surface area (TPSA) is 125 Å². The summed E-state index contributed by atoms with van der Waals surface area (Å²) >= 11 is 0. The van der Waals surface area contributed by atoms with Crippen LogP contribution in [0.15, 0.2) is 30.3 Å². The Balaban J connectivity index is 1.46. The number of hydrogen-bond acceptors (Lipinski definition) is 5. The third-order valence-corrected chi connectivity index (χ3v) is 9.90. The summed E-state index contributed by atoms with van der Waals surface area (Å²) in [7, 11) is 1.16. The molecule has 3 saturated carbocycles. The molecule has 0 spiro atoms. The van der Waals surface area contributed by atoms with Gasteiger partial charge in [-0.1, -0.05) is 58.0 Å². The van der Waals surface area contributed by atoms with Crippen molar-refractivity contribution in [3.63, 3.8) is 0 Å². The summed E-state index contributed by atoms with van der Waals surface area (Å²) in [4.78, 5) is 27.1. The number of amides is 2. The highest BCUT2D eigenvalue weighted by atomic mass is 16.7. The van der Waals surface area contributed by atoms with Gasteiger partial charge in [0.2, 0.25) is 11.8 Å². The number of guanidine groups is 1. The van der Waals surface area contributed by atoms with Gasteiger partial charge < -0.3 is 30.6 Å². The van der Waals surface area contributed by atoms with Gasteiger partial charge in [-0.25, -0.2) is 0 Å². The molecule has 4 fully saturated rings. The zero-order valence-electron chi connectivity index (χ0n) is 25.9. The largest absolute Gasteiger partial charge is 0.481 e. The van der Waals surface area contributed by atoms with Crippen molar-refractivity contribution in [1.29, 1.82) is 5.41 Å². The first-order chi connectivity index (χ1) is 19.4. The number of benzene rings is 1. The standard InChI is InChI=1S/C31H50BN5O4/c1-19(2)16-26(32-40-25-18-22-17-24(30(22,4)5)31(25,6)41-32)37-28(39)23(14-11-15-35-29(33)34-7)36-27(38)20(3)21-12-9-8-10-13-21/h8-10,12-13,19-20,22-26H,11,14-18H2,1-7H3,(H,36,38)(H,37,39)(H3,33,34,35)/t20-,22+,23+,24+,25-,26+,31+/m1/s1. The Morgan fingerprint density at radius 3 is 2.41 bits per heavy atom. The predicted molar refractivity (Wildman–Crippen MR) is 162 cm³/mol. The highest BCUT2D eigenvalue weighted by Gasteiger charge is 2.68. The van der Waals surface area contributed by atoms with Crippen molar-refractivity contribution in [3.05, 3.63) is 35.9 Å². The molecule has 3 aliphatic carbocycles. The molecule has 2 bridgehead atoms. The summed E-state index contributed by atoms with van der Waals surface area (Å²) in [6, 6.07) is 8.86. The Morgan fingerprint density at radius 2 is 1.78 bits per heavy atom. The quantitative estimate of drug-likeness (QED) is 0.114. The smallest absolute Gasteiger partial charge is 0.404 e. The van der Waals surface area contributed by atoms with Gasteiger partial charge in [0.25, 0.3) is 0 Å². The summed E-state index contributed by atoms with van der Waals surface area (Å²) in [5, 5.41) is 19.7. The van der Waals surface area contributed by atoms with Gasteiger partial charge in [0, 0.05) is 13.6 Å². The highest BCUT2D eigenvalue weighted by molar-refractivity contribution is 6.48. The van der Waals surface area contributed by atoms with Gasteiger partial charge in [0.05, 0.1) is 23.6 Å². The Labute approximate surface area is 246 Å². The van der Waals surface area contributed by atoms with Crippen LogP contribution in [-0.4, -0.2) is 62.2 Å². The molecule has 1 saturated heterocycles. The van der Waals surface area contributed by atoms with Crippen LogP contribution in [0.4, 0.5) is 0 Å². The van der Waals surface area contributed by atoms with E-state index in [1.165, 1.54) is 6.42 Å². The van der Waals surface area contributed by atoms with Gasteiger partial charge in [-0.15, -0.1) is 0 Å². The van der Waals surface area contributed by atoms with Crippen molar-refractivity contribution < 1.29 is 18.9 Å². The Morgan fingerprint density at radius 1 is 1.07 bits per heavy atom. The van der Waals surface area contributed by atoms with E-state index < -0.39 is 19.1 Å². The van der Waals surface area contributed by atoms with Gasteiger partial charge in [0.15, 0.2) is 5.96 Å². The molecule has 5 N–H and O–H groups in total. The van der Waals surface area contributed by atoms with Crippen LogP contribution in [0.3, 0.4) is 0 Å². The third kappa shape index (κ3) is 6.74. The van der Waals surface area contributed by atoms with E-state index in [0.717, 1.165) is 12.0 Å². The minimum atomic E-state index is -0.722. The SMILES string of the molecule is CNC(=N)NCCC[C@H](NC(=O)[C@H](C)c1ccccc1)C(=O)N[C@@H](CC(C)C)B1O[C@@H]2C[C@@H]3C[C@@H](C3(C)C)[C@]2(C)O1. The normalized spacial score (nSPS) is 28.1. The summed E-state index contributed by atoms with van der Waals surface area (Å²) in [6.45, 7) is 13.5.